The van der Waals surface area contributed by atoms with E-state index in [-0.39, 0.29) is 6.61 Å². The Kier molecular flexibility index (Phi) is 22.6. The molecule has 0 aromatic heterocycles. The van der Waals surface area contributed by atoms with Crippen molar-refractivity contribution in [3.63, 3.8) is 0 Å². The number of nitrogens with one attached hydrogen (secondary N) is 1. The SMILES string of the molecule is CCCCCCCCCCCCCC[C@@H](O)[C@@H](O)[C@H](COC1OC(CO)C(O)C(O)C1O)NC(O)CCCCCC. The topological polar surface area (TPSA) is 172 Å². The zero-order valence-corrected chi connectivity index (χ0v) is 25.8. The van der Waals surface area contributed by atoms with E-state index in [1.807, 2.05) is 0 Å². The molecule has 1 fully saturated rings. The first-order valence-corrected chi connectivity index (χ1v) is 16.5. The zero-order valence-electron chi connectivity index (χ0n) is 25.8. The number of unbranched alkanes of at least 4 members (excludes halogenated alkanes) is 14. The minimum atomic E-state index is -1.58. The van der Waals surface area contributed by atoms with Gasteiger partial charge in [-0.15, -0.1) is 0 Å². The summed E-state index contributed by atoms with van der Waals surface area (Å²) in [4.78, 5) is 0. The van der Waals surface area contributed by atoms with Crippen molar-refractivity contribution in [3.05, 3.63) is 0 Å². The number of hydrogen-bond donors (Lipinski definition) is 8. The highest BCUT2D eigenvalue weighted by molar-refractivity contribution is 4.90. The number of aliphatic hydroxyl groups excluding tert-OH is 7. The van der Waals surface area contributed by atoms with Crippen LogP contribution in [0.5, 0.6) is 0 Å². The van der Waals surface area contributed by atoms with Crippen LogP contribution >= 0.6 is 0 Å². The van der Waals surface area contributed by atoms with E-state index >= 15 is 0 Å². The summed E-state index contributed by atoms with van der Waals surface area (Å²) in [6.45, 7) is 3.52. The Morgan fingerprint density at radius 2 is 1.15 bits per heavy atom. The minimum Gasteiger partial charge on any atom is -0.394 e. The van der Waals surface area contributed by atoms with Crippen molar-refractivity contribution < 1.29 is 45.2 Å². The van der Waals surface area contributed by atoms with Crippen molar-refractivity contribution in [2.75, 3.05) is 13.2 Å². The maximum atomic E-state index is 11.0. The summed E-state index contributed by atoms with van der Waals surface area (Å²) in [5.74, 6) is 0. The Balaban J connectivity index is 2.50. The second-order valence-electron chi connectivity index (χ2n) is 11.9. The lowest BCUT2D eigenvalue weighted by Gasteiger charge is -2.40. The molecule has 0 bridgehead atoms. The fraction of sp³-hybridized carbons (Fsp3) is 1.00. The van der Waals surface area contributed by atoms with E-state index in [1.165, 1.54) is 57.8 Å². The van der Waals surface area contributed by atoms with Gasteiger partial charge in [0.1, 0.15) is 30.6 Å². The molecule has 41 heavy (non-hydrogen) atoms. The van der Waals surface area contributed by atoms with E-state index in [1.54, 1.807) is 0 Å². The molecule has 0 aliphatic carbocycles. The molecular formula is C31H63NO9. The van der Waals surface area contributed by atoms with Gasteiger partial charge in [-0.1, -0.05) is 110 Å². The first kappa shape index (κ1) is 38.6. The van der Waals surface area contributed by atoms with E-state index in [9.17, 15) is 35.7 Å². The van der Waals surface area contributed by atoms with Crippen LogP contribution in [0, 0.1) is 0 Å². The van der Waals surface area contributed by atoms with Crippen LogP contribution in [0.4, 0.5) is 0 Å². The van der Waals surface area contributed by atoms with Crippen molar-refractivity contribution in [2.24, 2.45) is 0 Å². The van der Waals surface area contributed by atoms with Crippen LogP contribution in [0.25, 0.3) is 0 Å². The summed E-state index contributed by atoms with van der Waals surface area (Å²) in [7, 11) is 0. The molecule has 8 N–H and O–H groups in total. The van der Waals surface area contributed by atoms with Crippen molar-refractivity contribution in [3.8, 4) is 0 Å². The van der Waals surface area contributed by atoms with Crippen LogP contribution in [0.1, 0.15) is 129 Å². The zero-order chi connectivity index (χ0) is 30.5. The molecule has 0 aromatic rings. The predicted octanol–water partition coefficient (Wildman–Crippen LogP) is 2.86. The Bertz CT molecular complexity index is 600. The van der Waals surface area contributed by atoms with Gasteiger partial charge in [0.05, 0.1) is 31.5 Å². The molecule has 246 valence electrons. The van der Waals surface area contributed by atoms with Crippen molar-refractivity contribution >= 4 is 0 Å². The molecule has 0 amide bonds. The largest absolute Gasteiger partial charge is 0.394 e. The number of ether oxygens (including phenoxy) is 2. The van der Waals surface area contributed by atoms with Crippen LogP contribution < -0.4 is 5.32 Å². The molecule has 10 heteroatoms. The van der Waals surface area contributed by atoms with Gasteiger partial charge in [0.15, 0.2) is 6.29 Å². The van der Waals surface area contributed by atoms with E-state index in [4.69, 9.17) is 9.47 Å². The lowest BCUT2D eigenvalue weighted by Crippen LogP contribution is -2.60. The number of aliphatic hydroxyl groups is 7. The average molecular weight is 594 g/mol. The van der Waals surface area contributed by atoms with Gasteiger partial charge in [0.25, 0.3) is 0 Å². The molecule has 0 saturated carbocycles. The average Bonchev–Trinajstić information content (AvgIpc) is 2.97. The molecule has 1 saturated heterocycles. The van der Waals surface area contributed by atoms with Gasteiger partial charge in [-0.05, 0) is 19.3 Å². The summed E-state index contributed by atoms with van der Waals surface area (Å²) in [5, 5.41) is 74.9. The van der Waals surface area contributed by atoms with Gasteiger partial charge in [0.2, 0.25) is 0 Å². The highest BCUT2D eigenvalue weighted by Crippen LogP contribution is 2.23. The molecule has 0 radical (unpaired) electrons. The van der Waals surface area contributed by atoms with Crippen LogP contribution in [0.15, 0.2) is 0 Å². The summed E-state index contributed by atoms with van der Waals surface area (Å²) >= 11 is 0. The Labute approximate surface area is 248 Å². The smallest absolute Gasteiger partial charge is 0.186 e. The molecule has 0 aromatic carbocycles. The number of rotatable bonds is 26. The Morgan fingerprint density at radius 3 is 1.68 bits per heavy atom. The van der Waals surface area contributed by atoms with Crippen LogP contribution in [-0.4, -0.2) is 104 Å². The van der Waals surface area contributed by atoms with Gasteiger partial charge < -0.3 is 45.2 Å². The third kappa shape index (κ3) is 16.3. The summed E-state index contributed by atoms with van der Waals surface area (Å²) < 4.78 is 11.0. The Hall–Kier alpha value is -0.400. The fourth-order valence-corrected chi connectivity index (χ4v) is 5.38. The van der Waals surface area contributed by atoms with Gasteiger partial charge >= 0.3 is 0 Å². The van der Waals surface area contributed by atoms with Crippen LogP contribution in [-0.2, 0) is 9.47 Å². The van der Waals surface area contributed by atoms with E-state index in [0.717, 1.165) is 44.9 Å². The summed E-state index contributed by atoms with van der Waals surface area (Å²) in [6.07, 6.45) is 8.89. The lowest BCUT2D eigenvalue weighted by atomic mass is 9.98. The van der Waals surface area contributed by atoms with E-state index in [2.05, 4.69) is 19.2 Å². The molecule has 6 unspecified atom stereocenters. The highest BCUT2D eigenvalue weighted by Gasteiger charge is 2.44. The molecule has 9 atom stereocenters. The normalized spacial score (nSPS) is 26.1. The van der Waals surface area contributed by atoms with Crippen molar-refractivity contribution in [2.45, 2.75) is 185 Å². The summed E-state index contributed by atoms with van der Waals surface area (Å²) in [5.41, 5.74) is 0. The molecule has 1 heterocycles. The third-order valence-corrected chi connectivity index (χ3v) is 8.19. The second kappa shape index (κ2) is 24.0. The lowest BCUT2D eigenvalue weighted by molar-refractivity contribution is -0.303. The molecular weight excluding hydrogens is 530 g/mol. The van der Waals surface area contributed by atoms with Crippen molar-refractivity contribution in [1.29, 1.82) is 0 Å². The van der Waals surface area contributed by atoms with E-state index < -0.39 is 61.8 Å². The van der Waals surface area contributed by atoms with Gasteiger partial charge in [-0.3, -0.25) is 5.32 Å². The van der Waals surface area contributed by atoms with E-state index in [0.29, 0.717) is 12.8 Å². The third-order valence-electron chi connectivity index (χ3n) is 8.19. The fourth-order valence-electron chi connectivity index (χ4n) is 5.38. The van der Waals surface area contributed by atoms with Crippen LogP contribution in [0.3, 0.4) is 0 Å². The first-order chi connectivity index (χ1) is 19.8. The maximum Gasteiger partial charge on any atom is 0.186 e. The molecule has 10 nitrogen and oxygen atoms in total. The first-order valence-electron chi connectivity index (χ1n) is 16.5. The molecule has 1 rings (SSSR count). The molecule has 1 aliphatic rings. The Morgan fingerprint density at radius 1 is 0.659 bits per heavy atom. The maximum absolute atomic E-state index is 11.0. The number of hydrogen-bond acceptors (Lipinski definition) is 10. The monoisotopic (exact) mass is 593 g/mol. The van der Waals surface area contributed by atoms with Crippen molar-refractivity contribution in [1.82, 2.24) is 5.32 Å². The quantitative estimate of drug-likeness (QED) is 0.0551. The minimum absolute atomic E-state index is 0.245. The highest BCUT2D eigenvalue weighted by atomic mass is 16.7. The van der Waals surface area contributed by atoms with Gasteiger partial charge in [0, 0.05) is 0 Å². The standard InChI is InChI=1S/C31H63NO9/c1-3-5-7-9-10-11-12-13-14-15-16-17-19-24(34)27(36)23(32-26(35)20-18-8-6-4-2)22-40-31-30(39)29(38)28(37)25(21-33)41-31/h23-39H,3-22H2,1-2H3/t23-,24+,25?,26?,27-,28?,29?,30?,31?/m0/s1. The summed E-state index contributed by atoms with van der Waals surface area (Å²) in [6, 6.07) is -0.879. The second-order valence-corrected chi connectivity index (χ2v) is 11.9. The predicted molar refractivity (Wildman–Crippen MR) is 159 cm³/mol. The van der Waals surface area contributed by atoms with Gasteiger partial charge in [-0.2, -0.15) is 0 Å². The van der Waals surface area contributed by atoms with Crippen LogP contribution in [0.2, 0.25) is 0 Å². The molecule has 1 aliphatic heterocycles. The molecule has 0 spiro atoms. The van der Waals surface area contributed by atoms with Gasteiger partial charge in [-0.25, -0.2) is 0 Å².